The lowest BCUT2D eigenvalue weighted by molar-refractivity contribution is 0.724. The lowest BCUT2D eigenvalue weighted by Gasteiger charge is -2.22. The van der Waals surface area contributed by atoms with Gasteiger partial charge in [0.1, 0.15) is 10.6 Å². The summed E-state index contributed by atoms with van der Waals surface area (Å²) in [6, 6.07) is 10.5. The van der Waals surface area contributed by atoms with Crippen LogP contribution in [0.25, 0.3) is 21.3 Å². The van der Waals surface area contributed by atoms with E-state index in [0.717, 1.165) is 48.6 Å². The van der Waals surface area contributed by atoms with Crippen molar-refractivity contribution >= 4 is 39.0 Å². The van der Waals surface area contributed by atoms with Gasteiger partial charge >= 0.3 is 0 Å². The van der Waals surface area contributed by atoms with Gasteiger partial charge in [-0.1, -0.05) is 30.3 Å². The number of thiophene rings is 1. The SMILES string of the molecule is Cc1sc2nc(Cl)nc(N3CCCNCC3)c2c1-c1ccccc1. The van der Waals surface area contributed by atoms with Gasteiger partial charge in [-0.2, -0.15) is 4.98 Å². The van der Waals surface area contributed by atoms with Crippen LogP contribution >= 0.6 is 22.9 Å². The third-order valence-corrected chi connectivity index (χ3v) is 5.55. The number of anilines is 1. The number of rotatable bonds is 2. The van der Waals surface area contributed by atoms with Gasteiger partial charge in [0.25, 0.3) is 0 Å². The average Bonchev–Trinajstić information content (AvgIpc) is 2.76. The average molecular weight is 359 g/mol. The summed E-state index contributed by atoms with van der Waals surface area (Å²) in [5.74, 6) is 0.969. The van der Waals surface area contributed by atoms with Crippen molar-refractivity contribution in [3.05, 3.63) is 40.5 Å². The maximum atomic E-state index is 6.23. The molecule has 0 aliphatic carbocycles. The fourth-order valence-electron chi connectivity index (χ4n) is 3.31. The molecule has 24 heavy (non-hydrogen) atoms. The smallest absolute Gasteiger partial charge is 0.225 e. The zero-order valence-corrected chi connectivity index (χ0v) is 15.1. The highest BCUT2D eigenvalue weighted by atomic mass is 35.5. The summed E-state index contributed by atoms with van der Waals surface area (Å²) in [6.45, 7) is 6.08. The van der Waals surface area contributed by atoms with E-state index in [1.165, 1.54) is 16.0 Å². The first-order valence-electron chi connectivity index (χ1n) is 8.22. The number of hydrogen-bond donors (Lipinski definition) is 1. The standard InChI is InChI=1S/C18H19ClN4S/c1-12-14(13-6-3-2-4-7-13)15-16(21-18(19)22-17(15)24-12)23-10-5-8-20-9-11-23/h2-4,6-7,20H,5,8-11H2,1H3. The maximum absolute atomic E-state index is 6.23. The molecule has 0 atom stereocenters. The first-order valence-corrected chi connectivity index (χ1v) is 9.41. The number of aromatic nitrogens is 2. The van der Waals surface area contributed by atoms with Gasteiger partial charge in [0.2, 0.25) is 5.28 Å². The Morgan fingerprint density at radius 3 is 2.79 bits per heavy atom. The molecule has 1 N–H and O–H groups in total. The van der Waals surface area contributed by atoms with Crippen molar-refractivity contribution in [2.45, 2.75) is 13.3 Å². The fourth-order valence-corrected chi connectivity index (χ4v) is 4.56. The summed E-state index contributed by atoms with van der Waals surface area (Å²) in [4.78, 5) is 13.7. The van der Waals surface area contributed by atoms with Crippen molar-refractivity contribution in [3.8, 4) is 11.1 Å². The van der Waals surface area contributed by atoms with E-state index in [9.17, 15) is 0 Å². The van der Waals surface area contributed by atoms with Gasteiger partial charge in [0.15, 0.2) is 0 Å². The van der Waals surface area contributed by atoms with Gasteiger partial charge in [-0.3, -0.25) is 0 Å². The van der Waals surface area contributed by atoms with E-state index in [1.54, 1.807) is 11.3 Å². The number of nitrogens with one attached hydrogen (secondary N) is 1. The van der Waals surface area contributed by atoms with Crippen molar-refractivity contribution < 1.29 is 0 Å². The summed E-state index contributed by atoms with van der Waals surface area (Å²) in [5.41, 5.74) is 2.45. The number of hydrogen-bond acceptors (Lipinski definition) is 5. The molecular formula is C18H19ClN4S. The Hall–Kier alpha value is -1.69. The summed E-state index contributed by atoms with van der Waals surface area (Å²) in [6.07, 6.45) is 1.10. The van der Waals surface area contributed by atoms with Crippen LogP contribution in [-0.4, -0.2) is 36.1 Å². The third kappa shape index (κ3) is 2.88. The molecule has 0 bridgehead atoms. The Kier molecular flexibility index (Phi) is 4.39. The first kappa shape index (κ1) is 15.8. The highest BCUT2D eigenvalue weighted by Crippen LogP contribution is 2.42. The molecule has 124 valence electrons. The van der Waals surface area contributed by atoms with Crippen molar-refractivity contribution in [1.82, 2.24) is 15.3 Å². The largest absolute Gasteiger partial charge is 0.355 e. The predicted molar refractivity (Wildman–Crippen MR) is 102 cm³/mol. The third-order valence-electron chi connectivity index (χ3n) is 4.38. The molecule has 0 saturated carbocycles. The summed E-state index contributed by atoms with van der Waals surface area (Å²) in [5, 5.41) is 4.91. The van der Waals surface area contributed by atoms with Crippen LogP contribution in [0.15, 0.2) is 30.3 Å². The van der Waals surface area contributed by atoms with E-state index in [0.29, 0.717) is 5.28 Å². The van der Waals surface area contributed by atoms with Crippen molar-refractivity contribution in [3.63, 3.8) is 0 Å². The second kappa shape index (κ2) is 6.67. The predicted octanol–water partition coefficient (Wildman–Crippen LogP) is 4.12. The molecule has 1 saturated heterocycles. The van der Waals surface area contributed by atoms with Gasteiger partial charge in [-0.15, -0.1) is 11.3 Å². The minimum absolute atomic E-state index is 0.329. The Morgan fingerprint density at radius 2 is 1.96 bits per heavy atom. The van der Waals surface area contributed by atoms with Gasteiger partial charge in [-0.25, -0.2) is 4.98 Å². The van der Waals surface area contributed by atoms with E-state index in [-0.39, 0.29) is 0 Å². The van der Waals surface area contributed by atoms with Crippen LogP contribution in [0.4, 0.5) is 5.82 Å². The van der Waals surface area contributed by atoms with Gasteiger partial charge in [-0.05, 0) is 37.1 Å². The topological polar surface area (TPSA) is 41.1 Å². The lowest BCUT2D eigenvalue weighted by atomic mass is 10.0. The molecule has 6 heteroatoms. The van der Waals surface area contributed by atoms with Crippen molar-refractivity contribution in [1.29, 1.82) is 0 Å². The van der Waals surface area contributed by atoms with Gasteiger partial charge < -0.3 is 10.2 Å². The highest BCUT2D eigenvalue weighted by molar-refractivity contribution is 7.19. The van der Waals surface area contributed by atoms with Gasteiger partial charge in [0.05, 0.1) is 5.39 Å². The second-order valence-corrected chi connectivity index (χ2v) is 7.53. The summed E-state index contributed by atoms with van der Waals surface area (Å²) in [7, 11) is 0. The van der Waals surface area contributed by atoms with Crippen LogP contribution in [0.3, 0.4) is 0 Å². The molecule has 1 fully saturated rings. The molecule has 1 aliphatic heterocycles. The molecular weight excluding hydrogens is 340 g/mol. The Morgan fingerprint density at radius 1 is 1.12 bits per heavy atom. The molecule has 0 radical (unpaired) electrons. The zero-order valence-electron chi connectivity index (χ0n) is 13.6. The quantitative estimate of drug-likeness (QED) is 0.699. The minimum Gasteiger partial charge on any atom is -0.355 e. The lowest BCUT2D eigenvalue weighted by Crippen LogP contribution is -2.28. The molecule has 0 unspecified atom stereocenters. The normalized spacial score (nSPS) is 15.7. The maximum Gasteiger partial charge on any atom is 0.225 e. The molecule has 3 aromatic rings. The first-order chi connectivity index (χ1) is 11.7. The Balaban J connectivity index is 1.95. The number of nitrogens with zero attached hydrogens (tertiary/aromatic N) is 3. The molecule has 4 nitrogen and oxygen atoms in total. The second-order valence-electron chi connectivity index (χ2n) is 5.99. The molecule has 2 aromatic heterocycles. The van der Waals surface area contributed by atoms with Gasteiger partial charge in [0, 0.05) is 30.1 Å². The zero-order chi connectivity index (χ0) is 16.5. The molecule has 4 rings (SSSR count). The van der Waals surface area contributed by atoms with E-state index in [1.807, 2.05) is 6.07 Å². The van der Waals surface area contributed by atoms with Crippen LogP contribution in [-0.2, 0) is 0 Å². The molecule has 1 aromatic carbocycles. The van der Waals surface area contributed by atoms with Crippen molar-refractivity contribution in [2.75, 3.05) is 31.1 Å². The molecule has 3 heterocycles. The molecule has 0 spiro atoms. The fraction of sp³-hybridized carbons (Fsp3) is 0.333. The molecule has 0 amide bonds. The summed E-state index contributed by atoms with van der Waals surface area (Å²) >= 11 is 7.93. The van der Waals surface area contributed by atoms with Crippen molar-refractivity contribution in [2.24, 2.45) is 0 Å². The monoisotopic (exact) mass is 358 g/mol. The number of halogens is 1. The number of fused-ring (bicyclic) bond motifs is 1. The number of benzene rings is 1. The van der Waals surface area contributed by atoms with Crippen LogP contribution in [0.1, 0.15) is 11.3 Å². The van der Waals surface area contributed by atoms with Crippen LogP contribution in [0.2, 0.25) is 5.28 Å². The van der Waals surface area contributed by atoms with E-state index in [2.05, 4.69) is 51.4 Å². The molecule has 1 aliphatic rings. The van der Waals surface area contributed by atoms with E-state index >= 15 is 0 Å². The van der Waals surface area contributed by atoms with E-state index < -0.39 is 0 Å². The Labute approximate surface area is 150 Å². The van der Waals surface area contributed by atoms with Crippen LogP contribution in [0, 0.1) is 6.92 Å². The summed E-state index contributed by atoms with van der Waals surface area (Å²) < 4.78 is 0. The van der Waals surface area contributed by atoms with Crippen LogP contribution < -0.4 is 10.2 Å². The van der Waals surface area contributed by atoms with E-state index in [4.69, 9.17) is 11.6 Å². The number of aryl methyl sites for hydroxylation is 1. The van der Waals surface area contributed by atoms with Crippen LogP contribution in [0.5, 0.6) is 0 Å². The minimum atomic E-state index is 0.329. The Bertz CT molecular complexity index is 854. The highest BCUT2D eigenvalue weighted by Gasteiger charge is 2.22.